The number of benzene rings is 13. The number of esters is 6. The highest BCUT2D eigenvalue weighted by Crippen LogP contribution is 2.63. The van der Waals surface area contributed by atoms with Crippen molar-refractivity contribution in [3.05, 3.63) is 279 Å². The number of carbonyl (C=O) groups excluding carboxylic acids is 6. The van der Waals surface area contributed by atoms with Crippen LogP contribution in [0.3, 0.4) is 0 Å². The smallest absolute Gasteiger partial charge is 0.343 e. The average molecular weight is 2120 g/mol. The lowest BCUT2D eigenvalue weighted by Gasteiger charge is -2.55. The summed E-state index contributed by atoms with van der Waals surface area (Å²) in [5.41, 5.74) is 1.02. The van der Waals surface area contributed by atoms with Crippen molar-refractivity contribution >= 4 is 166 Å². The van der Waals surface area contributed by atoms with Gasteiger partial charge < -0.3 is 28.4 Å². The van der Waals surface area contributed by atoms with E-state index >= 15 is 0 Å². The first-order chi connectivity index (χ1) is 73.3. The Labute approximate surface area is 904 Å². The van der Waals surface area contributed by atoms with Gasteiger partial charge in [0.25, 0.3) is 0 Å². The predicted molar refractivity (Wildman–Crippen MR) is 624 cm³/mol. The molecular formula is C132H146O12S6+6. The third-order valence-corrected chi connectivity index (χ3v) is 50.0. The normalized spacial score (nSPS) is 24.7. The Morgan fingerprint density at radius 1 is 0.240 bits per heavy atom. The molecule has 12 nitrogen and oxygen atoms in total. The first-order valence-corrected chi connectivity index (χ1v) is 65.6. The van der Waals surface area contributed by atoms with Gasteiger partial charge >= 0.3 is 35.8 Å². The van der Waals surface area contributed by atoms with Gasteiger partial charge in [0.05, 0.1) is 22.3 Å². The second-order valence-electron chi connectivity index (χ2n) is 45.3. The van der Waals surface area contributed by atoms with Crippen molar-refractivity contribution in [2.45, 2.75) is 242 Å². The van der Waals surface area contributed by atoms with Crippen molar-refractivity contribution in [1.29, 1.82) is 0 Å². The molecule has 0 aromatic heterocycles. The Morgan fingerprint density at radius 2 is 0.473 bits per heavy atom. The molecule has 29 rings (SSSR count). The van der Waals surface area contributed by atoms with E-state index in [1.807, 2.05) is 72.8 Å². The van der Waals surface area contributed by atoms with E-state index in [1.165, 1.54) is 285 Å². The molecule has 6 heterocycles. The van der Waals surface area contributed by atoms with Gasteiger partial charge in [-0.25, -0.2) is 14.4 Å². The van der Waals surface area contributed by atoms with Crippen LogP contribution < -0.4 is 28.4 Å². The zero-order valence-corrected chi connectivity index (χ0v) is 92.4. The van der Waals surface area contributed by atoms with Crippen LogP contribution in [0.5, 0.6) is 34.5 Å². The van der Waals surface area contributed by atoms with Crippen molar-refractivity contribution in [2.75, 3.05) is 69.0 Å². The number of carbonyl (C=O) groups is 6. The lowest BCUT2D eigenvalue weighted by molar-refractivity contribution is -0.162. The van der Waals surface area contributed by atoms with Gasteiger partial charge in [0.2, 0.25) is 0 Å². The summed E-state index contributed by atoms with van der Waals surface area (Å²) in [5, 5.41) is 14.0. The topological polar surface area (TPSA) is 158 Å². The third kappa shape index (κ3) is 23.2. The molecule has 16 aliphatic rings. The molecule has 6 aliphatic heterocycles. The van der Waals surface area contributed by atoms with E-state index in [4.69, 9.17) is 28.4 Å². The number of fused-ring (bicyclic) bond motifs is 8. The van der Waals surface area contributed by atoms with Crippen molar-refractivity contribution in [1.82, 2.24) is 0 Å². The summed E-state index contributed by atoms with van der Waals surface area (Å²) in [5.74, 6) is 25.0. The molecule has 16 fully saturated rings. The second kappa shape index (κ2) is 47.4. The highest BCUT2D eigenvalue weighted by atomic mass is 32.2. The van der Waals surface area contributed by atoms with E-state index in [0.29, 0.717) is 105 Å². The van der Waals surface area contributed by atoms with Gasteiger partial charge in [-0.15, -0.1) is 0 Å². The van der Waals surface area contributed by atoms with Crippen molar-refractivity contribution in [3.8, 4) is 34.5 Å². The maximum absolute atomic E-state index is 13.5. The van der Waals surface area contributed by atoms with E-state index in [9.17, 15) is 28.8 Å². The van der Waals surface area contributed by atoms with Crippen LogP contribution in [-0.2, 0) is 89.3 Å². The molecule has 3 unspecified atom stereocenters. The van der Waals surface area contributed by atoms with Crippen LogP contribution in [0, 0.1) is 64.1 Å². The van der Waals surface area contributed by atoms with Crippen LogP contribution in [0.1, 0.15) is 223 Å². The van der Waals surface area contributed by atoms with Crippen LogP contribution in [-0.4, -0.2) is 105 Å². The molecule has 6 saturated heterocycles. The summed E-state index contributed by atoms with van der Waals surface area (Å²) in [6, 6.07) is 84.8. The lowest BCUT2D eigenvalue weighted by Crippen LogP contribution is -2.51. The molecule has 150 heavy (non-hydrogen) atoms. The fraction of sp³-hybridized carbons (Fsp3) is 0.424. The van der Waals surface area contributed by atoms with Gasteiger partial charge in [-0.1, -0.05) is 147 Å². The van der Waals surface area contributed by atoms with Crippen LogP contribution in [0.2, 0.25) is 0 Å². The summed E-state index contributed by atoms with van der Waals surface area (Å²) in [6.07, 6.45) is 39.4. The molecule has 0 N–H and O–H groups in total. The first kappa shape index (κ1) is 104. The van der Waals surface area contributed by atoms with Gasteiger partial charge in [-0.2, -0.15) is 0 Å². The zero-order chi connectivity index (χ0) is 102. The van der Waals surface area contributed by atoms with Crippen LogP contribution >= 0.6 is 0 Å². The predicted octanol–water partition coefficient (Wildman–Crippen LogP) is 30.6. The summed E-state index contributed by atoms with van der Waals surface area (Å²) < 4.78 is 35.0. The molecule has 18 heteroatoms. The summed E-state index contributed by atoms with van der Waals surface area (Å²) in [6.45, 7) is 10.6. The minimum absolute atomic E-state index is 0.00779. The molecule has 13 aromatic rings. The Morgan fingerprint density at radius 3 is 0.720 bits per heavy atom. The molecule has 13 aromatic carbocycles. The molecule has 776 valence electrons. The number of ether oxygens (including phenoxy) is 6. The SMILES string of the molecule is C=C(C)C(=O)Oc1ccc([S+]2CCCC2)c2ccccc12.C=C(C)C(=O)Oc1ccc([S+]2CCCCC2)c2ccccc12.O=C(Oc1ccc([S+]2CCCC2)c2ccccc12)C12CC3CC(CC(C3)C1)C2.O=C(Oc1ccc([S+]2CCCC2)c2ccccc12)C1CC2CCC1C2.O=C(Oc1ccc([S+]2CCCCC2)c2ccccc12)C12CC3CC(CC(C3)C1)C2.O=C(Oc1ccc([S+]2CCCCC2)c2ccccc12)c1ccccc1. The van der Waals surface area contributed by atoms with Crippen LogP contribution in [0.25, 0.3) is 64.6 Å². The van der Waals surface area contributed by atoms with Crippen LogP contribution in [0.4, 0.5) is 0 Å². The molecule has 10 saturated carbocycles. The van der Waals surface area contributed by atoms with E-state index in [0.717, 1.165) is 136 Å². The Bertz CT molecular complexity index is 7080. The first-order valence-electron chi connectivity index (χ1n) is 56.2. The summed E-state index contributed by atoms with van der Waals surface area (Å²) in [7, 11) is 2.08. The van der Waals surface area contributed by atoms with Gasteiger partial charge in [-0.05, 0) is 375 Å². The number of rotatable bonds is 18. The monoisotopic (exact) mass is 2110 g/mol. The number of hydrogen-bond acceptors (Lipinski definition) is 12. The standard InChI is InChI=1S/C26H31O2S.C25H29O2S.C22H25O2S.C22H21O2S.C19H21O2S.C18H19O2S/c27-25(26-15-18-12-19(16-26)14-20(13-18)17-26)28-23-8-9-24(29-10-4-1-5-11-29)22-7-3-2-6-21(22)23;26-24(25-14-17-11-18(15-25)13-19(12-17)16-25)27-22-7-8-23(28-9-3-4-10-28)21-6-2-1-5-20(21)22;23-22(19-14-15-7-8-16(19)13-15)24-20-9-10-21(25-11-3-4-12-25)18-6-2-1-5-17(18)20;23-22(17-9-3-1-4-10-17)24-20-13-14-21(25-15-7-2-8-16-25)19-12-6-5-11-18(19)20;1-14(2)19(20)21-17-10-11-18(22-12-6-3-7-13-22)16-9-5-4-8-15(16)17;1-13(2)18(19)20-16-9-10-17(21-11-5-6-12-21)15-8-4-3-7-14(15)16/h2-3,6-9,18-20H,1,4-5,10-17H2;1-2,5-8,17-19H,3-4,9-16H2;1-2,5-6,9-10,15-16,19H,3-4,7-8,11-14H2;1,3-6,9-14H,2,7-8,15-16H2;4-5,8-11H,1,3,6-7,12-13H2,2H3;3-4,7-10H,1,5-6,11-12H2,2H3/q6*+1. The minimum atomic E-state index is -0.365. The maximum Gasteiger partial charge on any atom is 0.343 e. The van der Waals surface area contributed by atoms with E-state index < -0.39 is 0 Å². The summed E-state index contributed by atoms with van der Waals surface area (Å²) >= 11 is 0. The fourth-order valence-corrected chi connectivity index (χ4v) is 43.2. The van der Waals surface area contributed by atoms with Gasteiger partial charge in [0.15, 0.2) is 29.4 Å². The zero-order valence-electron chi connectivity index (χ0n) is 87.5. The van der Waals surface area contributed by atoms with Gasteiger partial charge in [0.1, 0.15) is 104 Å². The molecule has 3 atom stereocenters. The minimum Gasteiger partial charge on any atom is -0.426 e. The van der Waals surface area contributed by atoms with Crippen molar-refractivity contribution in [3.63, 3.8) is 0 Å². The van der Waals surface area contributed by atoms with E-state index in [1.54, 1.807) is 26.0 Å². The van der Waals surface area contributed by atoms with E-state index in [-0.39, 0.29) is 52.6 Å². The largest absolute Gasteiger partial charge is 0.426 e. The number of hydrogen-bond donors (Lipinski definition) is 0. The molecule has 0 radical (unpaired) electrons. The lowest BCUT2D eigenvalue weighted by atomic mass is 9.49. The van der Waals surface area contributed by atoms with Crippen LogP contribution in [0.15, 0.2) is 302 Å². The quantitative estimate of drug-likeness (QED) is 0.0347. The second-order valence-corrected chi connectivity index (χ2v) is 58.8. The Balaban J connectivity index is 0.000000102. The average Bonchev–Trinajstić information content (AvgIpc) is 0.887. The maximum atomic E-state index is 13.5. The highest BCUT2D eigenvalue weighted by molar-refractivity contribution is 7.98. The molecule has 0 spiro atoms. The Hall–Kier alpha value is -10.2. The molecule has 10 aliphatic carbocycles. The van der Waals surface area contributed by atoms with Crippen molar-refractivity contribution in [2.24, 2.45) is 64.1 Å². The van der Waals surface area contributed by atoms with Crippen molar-refractivity contribution < 1.29 is 57.2 Å². The van der Waals surface area contributed by atoms with E-state index in [2.05, 4.69) is 177 Å². The molecule has 0 amide bonds. The molecular weight excluding hydrogens is 1970 g/mol. The summed E-state index contributed by atoms with van der Waals surface area (Å²) in [4.78, 5) is 84.4. The fourth-order valence-electron chi connectivity index (χ4n) is 28.2. The third-order valence-electron chi connectivity index (χ3n) is 34.8. The Kier molecular flexibility index (Phi) is 32.9. The molecule has 10 bridgehead atoms. The van der Waals surface area contributed by atoms with Gasteiger partial charge in [-0.3, -0.25) is 14.4 Å². The van der Waals surface area contributed by atoms with Gasteiger partial charge in [0, 0.05) is 141 Å². The highest BCUT2D eigenvalue weighted by Gasteiger charge is 2.58.